The van der Waals surface area contributed by atoms with Crippen LogP contribution < -0.4 is 0 Å². The van der Waals surface area contributed by atoms with E-state index in [1.165, 1.54) is 11.6 Å². The molecule has 6 nitrogen and oxygen atoms in total. The van der Waals surface area contributed by atoms with E-state index in [-0.39, 0.29) is 27.9 Å². The lowest BCUT2D eigenvalue weighted by molar-refractivity contribution is -0.133. The standard InChI is InChI=1S/C22H13F3N2O2S.C11H14O2/c23-22(24,25)19-16(12-4-2-1-3-5-12)11-18(30-19)21-26-20(27-29-21)14-6-8-15-13(10-14)7-9-17(15)28;1-8(2)7-9-3-5-10(6-4-9)11(12)13/h1-6,8,10-11H,7,9H2;3-6,8H,7H2,1-2H3,(H,12,13). The highest BCUT2D eigenvalue weighted by Gasteiger charge is 2.37. The summed E-state index contributed by atoms with van der Waals surface area (Å²) in [5.41, 5.74) is 4.38. The number of carbonyl (C=O) groups excluding carboxylic acids is 1. The van der Waals surface area contributed by atoms with Crippen molar-refractivity contribution in [2.45, 2.75) is 39.3 Å². The number of fused-ring (bicyclic) bond motifs is 1. The molecule has 43 heavy (non-hydrogen) atoms. The number of aromatic carboxylic acids is 1. The van der Waals surface area contributed by atoms with Gasteiger partial charge in [0.2, 0.25) is 5.82 Å². The Hall–Kier alpha value is -4.57. The Morgan fingerprint density at radius 2 is 1.67 bits per heavy atom. The van der Waals surface area contributed by atoms with E-state index in [1.807, 2.05) is 18.2 Å². The number of rotatable bonds is 6. The maximum atomic E-state index is 13.6. The lowest BCUT2D eigenvalue weighted by atomic mass is 10.0. The van der Waals surface area contributed by atoms with Crippen molar-refractivity contribution in [1.82, 2.24) is 10.1 Å². The Morgan fingerprint density at radius 1 is 0.953 bits per heavy atom. The molecule has 0 saturated carbocycles. The van der Waals surface area contributed by atoms with Gasteiger partial charge in [-0.15, -0.1) is 11.3 Å². The molecule has 0 unspecified atom stereocenters. The van der Waals surface area contributed by atoms with Crippen LogP contribution in [0.25, 0.3) is 33.3 Å². The molecular weight excluding hydrogens is 577 g/mol. The molecule has 0 radical (unpaired) electrons. The lowest BCUT2D eigenvalue weighted by Gasteiger charge is -2.07. The number of thiophene rings is 1. The molecule has 6 rings (SSSR count). The van der Waals surface area contributed by atoms with Gasteiger partial charge in [-0.3, -0.25) is 4.79 Å². The summed E-state index contributed by atoms with van der Waals surface area (Å²) in [5, 5.41) is 12.6. The van der Waals surface area contributed by atoms with Gasteiger partial charge in [0.25, 0.3) is 5.89 Å². The number of carboxylic acid groups (broad SMARTS) is 1. The van der Waals surface area contributed by atoms with Crippen LogP contribution in [0.15, 0.2) is 83.4 Å². The number of ketones is 1. The summed E-state index contributed by atoms with van der Waals surface area (Å²) in [6.45, 7) is 4.29. The summed E-state index contributed by atoms with van der Waals surface area (Å²) in [7, 11) is 0. The van der Waals surface area contributed by atoms with Crippen molar-refractivity contribution in [2.75, 3.05) is 0 Å². The summed E-state index contributed by atoms with van der Waals surface area (Å²) in [6, 6.07) is 22.2. The molecule has 0 aliphatic heterocycles. The van der Waals surface area contributed by atoms with E-state index >= 15 is 0 Å². The van der Waals surface area contributed by atoms with Crippen molar-refractivity contribution >= 4 is 23.1 Å². The number of hydrogen-bond donors (Lipinski definition) is 1. The fraction of sp³-hybridized carbons (Fsp3) is 0.212. The van der Waals surface area contributed by atoms with E-state index in [0.29, 0.717) is 52.4 Å². The maximum absolute atomic E-state index is 13.6. The second kappa shape index (κ2) is 12.3. The molecular formula is C33H27F3N2O4S. The van der Waals surface area contributed by atoms with Crippen LogP contribution in [0.4, 0.5) is 13.2 Å². The van der Waals surface area contributed by atoms with E-state index < -0.39 is 17.0 Å². The van der Waals surface area contributed by atoms with Gasteiger partial charge in [-0.1, -0.05) is 73.6 Å². The zero-order valence-electron chi connectivity index (χ0n) is 23.3. The molecule has 0 atom stereocenters. The van der Waals surface area contributed by atoms with Gasteiger partial charge in [0.05, 0.1) is 10.4 Å². The minimum atomic E-state index is -4.50. The van der Waals surface area contributed by atoms with Crippen molar-refractivity contribution in [1.29, 1.82) is 0 Å². The molecule has 1 aliphatic rings. The van der Waals surface area contributed by atoms with E-state index in [9.17, 15) is 22.8 Å². The van der Waals surface area contributed by atoms with Crippen molar-refractivity contribution in [3.63, 3.8) is 0 Å². The first kappa shape index (κ1) is 29.9. The van der Waals surface area contributed by atoms with Crippen LogP contribution in [0, 0.1) is 5.92 Å². The van der Waals surface area contributed by atoms with Gasteiger partial charge < -0.3 is 9.63 Å². The highest BCUT2D eigenvalue weighted by Crippen LogP contribution is 2.45. The van der Waals surface area contributed by atoms with Gasteiger partial charge >= 0.3 is 12.1 Å². The number of carboxylic acids is 1. The predicted octanol–water partition coefficient (Wildman–Crippen LogP) is 8.86. The highest BCUT2D eigenvalue weighted by molar-refractivity contribution is 7.16. The normalized spacial score (nSPS) is 12.7. The third-order valence-electron chi connectivity index (χ3n) is 6.84. The SMILES string of the molecule is CC(C)Cc1ccc(C(=O)O)cc1.O=C1CCc2cc(-c3noc(-c4cc(-c5ccccc5)c(C(F)(F)F)s4)n3)ccc21. The molecule has 0 saturated heterocycles. The quantitative estimate of drug-likeness (QED) is 0.208. The average molecular weight is 605 g/mol. The third-order valence-corrected chi connectivity index (χ3v) is 8.01. The molecule has 0 bridgehead atoms. The molecule has 0 spiro atoms. The van der Waals surface area contributed by atoms with Crippen LogP contribution in [0.5, 0.6) is 0 Å². The fourth-order valence-electron chi connectivity index (χ4n) is 4.83. The summed E-state index contributed by atoms with van der Waals surface area (Å²) < 4.78 is 46.1. The van der Waals surface area contributed by atoms with Crippen molar-refractivity contribution < 1.29 is 32.4 Å². The van der Waals surface area contributed by atoms with Crippen molar-refractivity contribution in [2.24, 2.45) is 5.92 Å². The Morgan fingerprint density at radius 3 is 2.33 bits per heavy atom. The van der Waals surface area contributed by atoms with E-state index in [4.69, 9.17) is 9.63 Å². The number of halogens is 3. The van der Waals surface area contributed by atoms with Crippen LogP contribution in [0.3, 0.4) is 0 Å². The number of nitrogens with zero attached hydrogens (tertiary/aromatic N) is 2. The van der Waals surface area contributed by atoms with Crippen LogP contribution in [0.2, 0.25) is 0 Å². The number of hydrogen-bond acceptors (Lipinski definition) is 6. The van der Waals surface area contributed by atoms with Crippen LogP contribution in [0.1, 0.15) is 57.0 Å². The maximum Gasteiger partial charge on any atom is 0.426 e. The largest absolute Gasteiger partial charge is 0.478 e. The topological polar surface area (TPSA) is 93.3 Å². The number of aryl methyl sites for hydroxylation is 1. The molecule has 1 aliphatic carbocycles. The summed E-state index contributed by atoms with van der Waals surface area (Å²) in [4.78, 5) is 26.2. The first-order valence-electron chi connectivity index (χ1n) is 13.6. The molecule has 3 aromatic carbocycles. The van der Waals surface area contributed by atoms with Gasteiger partial charge in [-0.25, -0.2) is 4.79 Å². The lowest BCUT2D eigenvalue weighted by Crippen LogP contribution is -2.03. The predicted molar refractivity (Wildman–Crippen MR) is 158 cm³/mol. The number of carbonyl (C=O) groups is 2. The Balaban J connectivity index is 0.000000239. The van der Waals surface area contributed by atoms with Gasteiger partial charge in [-0.05, 0) is 59.7 Å². The molecule has 1 N–H and O–H groups in total. The van der Waals surface area contributed by atoms with Crippen molar-refractivity contribution in [3.05, 3.63) is 106 Å². The van der Waals surface area contributed by atoms with E-state index in [1.54, 1.807) is 54.6 Å². The average Bonchev–Trinajstić information content (AvgIpc) is 3.72. The Labute approximate surface area is 249 Å². The minimum absolute atomic E-state index is 0.0271. The fourth-order valence-corrected chi connectivity index (χ4v) is 5.80. The molecule has 2 heterocycles. The first-order chi connectivity index (χ1) is 20.5. The number of Topliss-reactive ketones (excluding diaryl/α,β-unsaturated/α-hetero) is 1. The summed E-state index contributed by atoms with van der Waals surface area (Å²) in [6.07, 6.45) is -2.36. The monoisotopic (exact) mass is 604 g/mol. The van der Waals surface area contributed by atoms with Crippen LogP contribution >= 0.6 is 11.3 Å². The molecule has 5 aromatic rings. The minimum Gasteiger partial charge on any atom is -0.478 e. The van der Waals surface area contributed by atoms with E-state index in [2.05, 4.69) is 24.0 Å². The highest BCUT2D eigenvalue weighted by atomic mass is 32.1. The zero-order valence-corrected chi connectivity index (χ0v) is 24.1. The van der Waals surface area contributed by atoms with Gasteiger partial charge in [0.1, 0.15) is 4.88 Å². The van der Waals surface area contributed by atoms with Crippen molar-refractivity contribution in [3.8, 4) is 33.3 Å². The van der Waals surface area contributed by atoms with Crippen LogP contribution in [-0.4, -0.2) is 27.0 Å². The van der Waals surface area contributed by atoms with Crippen LogP contribution in [-0.2, 0) is 19.0 Å². The second-order valence-corrected chi connectivity index (χ2v) is 11.6. The molecule has 0 fully saturated rings. The van der Waals surface area contributed by atoms with Gasteiger partial charge in [-0.2, -0.15) is 18.2 Å². The second-order valence-electron chi connectivity index (χ2n) is 10.5. The number of benzene rings is 3. The van der Waals surface area contributed by atoms with E-state index in [0.717, 1.165) is 12.0 Å². The molecule has 0 amide bonds. The molecule has 2 aromatic heterocycles. The summed E-state index contributed by atoms with van der Waals surface area (Å²) >= 11 is 0.577. The third kappa shape index (κ3) is 6.91. The Bertz CT molecular complexity index is 1760. The number of alkyl halides is 3. The Kier molecular flexibility index (Phi) is 8.59. The van der Waals surface area contributed by atoms with Gasteiger partial charge in [0, 0.05) is 23.1 Å². The first-order valence-corrected chi connectivity index (χ1v) is 14.4. The smallest absolute Gasteiger partial charge is 0.426 e. The van der Waals surface area contributed by atoms with Gasteiger partial charge in [0.15, 0.2) is 5.78 Å². The number of aromatic nitrogens is 2. The zero-order chi connectivity index (χ0) is 30.7. The molecule has 220 valence electrons. The molecule has 10 heteroatoms. The summed E-state index contributed by atoms with van der Waals surface area (Å²) in [5.74, 6) is 0.151.